The summed E-state index contributed by atoms with van der Waals surface area (Å²) in [6, 6.07) is 11.9. The number of esters is 1. The van der Waals surface area contributed by atoms with E-state index in [2.05, 4.69) is 4.90 Å². The Morgan fingerprint density at radius 1 is 1.13 bits per heavy atom. The fraction of sp³-hybridized carbons (Fsp3) is 0.391. The molecule has 7 heteroatoms. The number of carbonyl (C=O) groups excluding carboxylic acids is 2. The van der Waals surface area contributed by atoms with Crippen molar-refractivity contribution in [2.24, 2.45) is 5.41 Å². The number of amides is 1. The van der Waals surface area contributed by atoms with E-state index in [1.165, 1.54) is 13.2 Å². The minimum absolute atomic E-state index is 0.0547. The zero-order valence-corrected chi connectivity index (χ0v) is 17.2. The Balaban J connectivity index is 1.37. The van der Waals surface area contributed by atoms with Crippen LogP contribution in [0, 0.1) is 11.2 Å². The molecule has 4 rings (SSSR count). The van der Waals surface area contributed by atoms with Crippen LogP contribution >= 0.6 is 0 Å². The first kappa shape index (κ1) is 20.3. The second-order valence-electron chi connectivity index (χ2n) is 8.04. The van der Waals surface area contributed by atoms with Gasteiger partial charge in [0, 0.05) is 43.7 Å². The molecule has 2 aromatic carbocycles. The molecule has 6 nitrogen and oxygen atoms in total. The Hall–Kier alpha value is -2.93. The van der Waals surface area contributed by atoms with Gasteiger partial charge in [0.25, 0.3) is 0 Å². The molecule has 1 amide bonds. The lowest BCUT2D eigenvalue weighted by Crippen LogP contribution is -2.56. The molecule has 0 radical (unpaired) electrons. The van der Waals surface area contributed by atoms with Crippen molar-refractivity contribution in [3.63, 3.8) is 0 Å². The quantitative estimate of drug-likeness (QED) is 0.682. The number of carbonyl (C=O) groups is 2. The number of halogens is 1. The molecule has 2 heterocycles. The average Bonchev–Trinajstić information content (AvgIpc) is 3.07. The molecule has 0 N–H and O–H groups in total. The predicted octanol–water partition coefficient (Wildman–Crippen LogP) is 3.25. The van der Waals surface area contributed by atoms with E-state index < -0.39 is 5.97 Å². The van der Waals surface area contributed by atoms with E-state index in [0.717, 1.165) is 24.3 Å². The maximum absolute atomic E-state index is 13.8. The Labute approximate surface area is 175 Å². The second-order valence-corrected chi connectivity index (χ2v) is 8.04. The van der Waals surface area contributed by atoms with Crippen LogP contribution in [-0.2, 0) is 16.1 Å². The molecule has 0 unspecified atom stereocenters. The number of hydrogen-bond acceptors (Lipinski definition) is 5. The monoisotopic (exact) mass is 412 g/mol. The highest BCUT2D eigenvalue weighted by atomic mass is 19.1. The Kier molecular flexibility index (Phi) is 5.47. The van der Waals surface area contributed by atoms with Gasteiger partial charge in [0.15, 0.2) is 11.6 Å². The number of anilines is 1. The summed E-state index contributed by atoms with van der Waals surface area (Å²) in [7, 11) is 1.34. The molecule has 0 aliphatic carbocycles. The summed E-state index contributed by atoms with van der Waals surface area (Å²) < 4.78 is 23.8. The molecule has 2 fully saturated rings. The van der Waals surface area contributed by atoms with Crippen molar-refractivity contribution in [1.29, 1.82) is 0 Å². The van der Waals surface area contributed by atoms with E-state index in [4.69, 9.17) is 9.47 Å². The molecule has 2 aliphatic heterocycles. The lowest BCUT2D eigenvalue weighted by Gasteiger charge is -2.47. The zero-order chi connectivity index (χ0) is 21.3. The van der Waals surface area contributed by atoms with Gasteiger partial charge < -0.3 is 14.4 Å². The van der Waals surface area contributed by atoms with E-state index in [-0.39, 0.29) is 22.9 Å². The van der Waals surface area contributed by atoms with E-state index >= 15 is 0 Å². The van der Waals surface area contributed by atoms with Crippen LogP contribution in [0.3, 0.4) is 0 Å². The molecule has 30 heavy (non-hydrogen) atoms. The topological polar surface area (TPSA) is 59.1 Å². The largest absolute Gasteiger partial charge is 0.491 e. The highest BCUT2D eigenvalue weighted by molar-refractivity contribution is 5.97. The maximum atomic E-state index is 13.8. The van der Waals surface area contributed by atoms with E-state index in [9.17, 15) is 14.0 Å². The van der Waals surface area contributed by atoms with Crippen LogP contribution in [0.4, 0.5) is 10.1 Å². The van der Waals surface area contributed by atoms with E-state index in [0.29, 0.717) is 31.7 Å². The minimum Gasteiger partial charge on any atom is -0.491 e. The first-order chi connectivity index (χ1) is 14.4. The number of hydrogen-bond donors (Lipinski definition) is 0. The van der Waals surface area contributed by atoms with E-state index in [1.807, 2.05) is 6.92 Å². The van der Waals surface area contributed by atoms with Crippen LogP contribution in [0.2, 0.25) is 0 Å². The summed E-state index contributed by atoms with van der Waals surface area (Å²) in [5, 5.41) is 0. The maximum Gasteiger partial charge on any atom is 0.337 e. The molecular weight excluding hydrogens is 387 g/mol. The summed E-state index contributed by atoms with van der Waals surface area (Å²) in [6.07, 6.45) is 0.510. The predicted molar refractivity (Wildman–Crippen MR) is 110 cm³/mol. The third kappa shape index (κ3) is 3.89. The highest BCUT2D eigenvalue weighted by Gasteiger charge is 2.51. The van der Waals surface area contributed by atoms with E-state index in [1.54, 1.807) is 41.3 Å². The van der Waals surface area contributed by atoms with Crippen LogP contribution < -0.4 is 9.64 Å². The van der Waals surface area contributed by atoms with Crippen LogP contribution in [0.1, 0.15) is 29.3 Å². The van der Waals surface area contributed by atoms with Gasteiger partial charge in [0.2, 0.25) is 5.91 Å². The molecule has 0 bridgehead atoms. The Morgan fingerprint density at radius 3 is 2.53 bits per heavy atom. The molecule has 158 valence electrons. The number of nitrogens with zero attached hydrogens (tertiary/aromatic N) is 2. The number of ether oxygens (including phenoxy) is 2. The van der Waals surface area contributed by atoms with Gasteiger partial charge in [0.1, 0.15) is 0 Å². The Morgan fingerprint density at radius 2 is 1.87 bits per heavy atom. The van der Waals surface area contributed by atoms with Gasteiger partial charge in [-0.2, -0.15) is 0 Å². The van der Waals surface area contributed by atoms with Crippen molar-refractivity contribution in [2.75, 3.05) is 38.3 Å². The summed E-state index contributed by atoms with van der Waals surface area (Å²) in [4.78, 5) is 28.3. The first-order valence-electron chi connectivity index (χ1n) is 10.1. The molecule has 0 saturated carbocycles. The molecule has 0 atom stereocenters. The molecule has 0 aromatic heterocycles. The zero-order valence-electron chi connectivity index (χ0n) is 17.2. The highest BCUT2D eigenvalue weighted by Crippen LogP contribution is 2.42. The van der Waals surface area contributed by atoms with Crippen molar-refractivity contribution < 1.29 is 23.5 Å². The first-order valence-corrected chi connectivity index (χ1v) is 10.1. The summed E-state index contributed by atoms with van der Waals surface area (Å²) in [6.45, 7) is 5.24. The molecular formula is C23H25FN2O4. The van der Waals surface area contributed by atoms with Crippen molar-refractivity contribution in [3.8, 4) is 5.75 Å². The van der Waals surface area contributed by atoms with Gasteiger partial charge in [-0.1, -0.05) is 6.07 Å². The van der Waals surface area contributed by atoms with Crippen LogP contribution in [0.25, 0.3) is 0 Å². The molecule has 2 aliphatic rings. The third-order valence-corrected chi connectivity index (χ3v) is 5.74. The normalized spacial score (nSPS) is 17.8. The van der Waals surface area contributed by atoms with Crippen molar-refractivity contribution >= 4 is 17.6 Å². The summed E-state index contributed by atoms with van der Waals surface area (Å²) in [5.74, 6) is -0.367. The number of benzene rings is 2. The van der Waals surface area contributed by atoms with Crippen molar-refractivity contribution in [2.45, 2.75) is 19.9 Å². The second kappa shape index (κ2) is 8.07. The van der Waals surface area contributed by atoms with Gasteiger partial charge in [-0.3, -0.25) is 9.69 Å². The lowest BCUT2D eigenvalue weighted by molar-refractivity contribution is -0.119. The van der Waals surface area contributed by atoms with Gasteiger partial charge in [-0.05, 0) is 48.9 Å². The smallest absolute Gasteiger partial charge is 0.337 e. The minimum atomic E-state index is -0.395. The average molecular weight is 412 g/mol. The van der Waals surface area contributed by atoms with Crippen LogP contribution in [0.5, 0.6) is 5.75 Å². The molecule has 2 aromatic rings. The lowest BCUT2D eigenvalue weighted by atomic mass is 9.78. The van der Waals surface area contributed by atoms with Gasteiger partial charge in [-0.25, -0.2) is 9.18 Å². The van der Waals surface area contributed by atoms with Crippen molar-refractivity contribution in [3.05, 3.63) is 59.4 Å². The van der Waals surface area contributed by atoms with Crippen LogP contribution in [-0.4, -0.2) is 50.1 Å². The number of methoxy groups -OCH3 is 1. The summed E-state index contributed by atoms with van der Waals surface area (Å²) >= 11 is 0. The standard InChI is InChI=1S/C23H25FN2O4/c1-3-30-20-10-16(4-9-19(20)24)12-25-13-23(14-25)11-21(27)26(15-23)18-7-5-17(6-8-18)22(28)29-2/h4-10H,3,11-15H2,1-2H3. The fourth-order valence-electron chi connectivity index (χ4n) is 4.42. The van der Waals surface area contributed by atoms with Crippen LogP contribution in [0.15, 0.2) is 42.5 Å². The van der Waals surface area contributed by atoms with Gasteiger partial charge >= 0.3 is 5.97 Å². The van der Waals surface area contributed by atoms with Gasteiger partial charge in [-0.15, -0.1) is 0 Å². The summed E-state index contributed by atoms with van der Waals surface area (Å²) in [5.41, 5.74) is 2.20. The number of rotatable bonds is 6. The molecule has 2 saturated heterocycles. The van der Waals surface area contributed by atoms with Crippen molar-refractivity contribution in [1.82, 2.24) is 4.90 Å². The molecule has 1 spiro atoms. The number of likely N-dealkylation sites (tertiary alicyclic amines) is 1. The third-order valence-electron chi connectivity index (χ3n) is 5.74. The van der Waals surface area contributed by atoms with Gasteiger partial charge in [0.05, 0.1) is 19.3 Å². The Bertz CT molecular complexity index is 954. The SMILES string of the molecule is CCOc1cc(CN2CC3(CC(=O)N(c4ccc(C(=O)OC)cc4)C3)C2)ccc1F. The fourth-order valence-corrected chi connectivity index (χ4v) is 4.42.